The molecular weight excluding hydrogens is 244 g/mol. The number of halogens is 2. The van der Waals surface area contributed by atoms with Gasteiger partial charge in [-0.3, -0.25) is 0 Å². The molecule has 0 amide bonds. The van der Waals surface area contributed by atoms with E-state index < -0.39 is 11.6 Å². The molecule has 19 heavy (non-hydrogen) atoms. The summed E-state index contributed by atoms with van der Waals surface area (Å²) in [6.45, 7) is 4.22. The normalized spacial score (nSPS) is 24.6. The molecule has 1 saturated carbocycles. The predicted octanol–water partition coefficient (Wildman–Crippen LogP) is 4.06. The van der Waals surface area contributed by atoms with Crippen molar-refractivity contribution in [1.29, 1.82) is 0 Å². The van der Waals surface area contributed by atoms with E-state index in [9.17, 15) is 8.78 Å². The quantitative estimate of drug-likeness (QED) is 0.848. The van der Waals surface area contributed by atoms with Gasteiger partial charge in [0.2, 0.25) is 0 Å². The van der Waals surface area contributed by atoms with Gasteiger partial charge in [0, 0.05) is 17.6 Å². The van der Waals surface area contributed by atoms with E-state index in [1.165, 1.54) is 43.9 Å². The van der Waals surface area contributed by atoms with Gasteiger partial charge in [-0.15, -0.1) is 0 Å². The number of rotatable bonds is 5. The first kappa shape index (κ1) is 14.4. The summed E-state index contributed by atoms with van der Waals surface area (Å²) < 4.78 is 27.2. The molecule has 1 aliphatic rings. The van der Waals surface area contributed by atoms with Crippen molar-refractivity contribution in [3.8, 4) is 0 Å². The summed E-state index contributed by atoms with van der Waals surface area (Å²) in [5.74, 6) is -0.160. The van der Waals surface area contributed by atoms with E-state index in [0.717, 1.165) is 0 Å². The second-order valence-electron chi connectivity index (χ2n) is 5.68. The summed E-state index contributed by atoms with van der Waals surface area (Å²) in [6.07, 6.45) is 5.30. The van der Waals surface area contributed by atoms with E-state index in [1.54, 1.807) is 0 Å². The van der Waals surface area contributed by atoms with E-state index in [4.69, 9.17) is 0 Å². The fourth-order valence-corrected chi connectivity index (χ4v) is 3.20. The molecule has 1 N–H and O–H groups in total. The van der Waals surface area contributed by atoms with Crippen LogP contribution in [0.5, 0.6) is 0 Å². The van der Waals surface area contributed by atoms with Crippen molar-refractivity contribution in [2.24, 2.45) is 5.92 Å². The Balaban J connectivity index is 1.96. The van der Waals surface area contributed by atoms with Crippen molar-refractivity contribution in [2.45, 2.75) is 58.0 Å². The maximum atomic E-state index is 13.6. The lowest BCUT2D eigenvalue weighted by Crippen LogP contribution is -2.40. The highest BCUT2D eigenvalue weighted by Crippen LogP contribution is 2.28. The minimum Gasteiger partial charge on any atom is -0.311 e. The van der Waals surface area contributed by atoms with Gasteiger partial charge in [0.1, 0.15) is 11.6 Å². The molecule has 0 radical (unpaired) electrons. The highest BCUT2D eigenvalue weighted by molar-refractivity contribution is 5.20. The van der Waals surface area contributed by atoms with Gasteiger partial charge in [-0.05, 0) is 44.2 Å². The molecule has 0 aliphatic heterocycles. The van der Waals surface area contributed by atoms with Crippen LogP contribution in [-0.4, -0.2) is 12.1 Å². The molecule has 1 aliphatic carbocycles. The minimum atomic E-state index is -0.438. The van der Waals surface area contributed by atoms with Gasteiger partial charge in [0.05, 0.1) is 0 Å². The summed E-state index contributed by atoms with van der Waals surface area (Å²) in [6, 6.07) is 4.68. The third-order valence-corrected chi connectivity index (χ3v) is 4.25. The monoisotopic (exact) mass is 267 g/mol. The van der Waals surface area contributed by atoms with Gasteiger partial charge in [-0.2, -0.15) is 0 Å². The third kappa shape index (κ3) is 3.53. The summed E-state index contributed by atoms with van der Waals surface area (Å²) in [5.41, 5.74) is 0.202. The maximum absolute atomic E-state index is 13.6. The third-order valence-electron chi connectivity index (χ3n) is 4.25. The Labute approximate surface area is 114 Å². The molecule has 0 aromatic heterocycles. The first-order valence-electron chi connectivity index (χ1n) is 7.30. The smallest absolute Gasteiger partial charge is 0.129 e. The Morgan fingerprint density at radius 2 is 1.95 bits per heavy atom. The molecule has 1 fully saturated rings. The molecule has 0 spiro atoms. The average molecular weight is 267 g/mol. The van der Waals surface area contributed by atoms with E-state index >= 15 is 0 Å². The van der Waals surface area contributed by atoms with Crippen LogP contribution < -0.4 is 5.32 Å². The van der Waals surface area contributed by atoms with Gasteiger partial charge < -0.3 is 5.32 Å². The highest BCUT2D eigenvalue weighted by Gasteiger charge is 2.26. The zero-order valence-corrected chi connectivity index (χ0v) is 11.8. The molecule has 106 valence electrons. The number of hydrogen-bond donors (Lipinski definition) is 1. The highest BCUT2D eigenvalue weighted by atomic mass is 19.1. The van der Waals surface area contributed by atoms with Crippen LogP contribution in [0.25, 0.3) is 0 Å². The summed E-state index contributed by atoms with van der Waals surface area (Å²) in [4.78, 5) is 0. The number of nitrogens with one attached hydrogen (secondary N) is 1. The second-order valence-corrected chi connectivity index (χ2v) is 5.68. The van der Waals surface area contributed by atoms with Crippen LogP contribution in [0.3, 0.4) is 0 Å². The zero-order valence-electron chi connectivity index (χ0n) is 11.8. The Morgan fingerprint density at radius 1 is 1.26 bits per heavy atom. The van der Waals surface area contributed by atoms with Gasteiger partial charge in [0.15, 0.2) is 0 Å². The molecule has 0 heterocycles. The largest absolute Gasteiger partial charge is 0.311 e. The zero-order chi connectivity index (χ0) is 13.8. The van der Waals surface area contributed by atoms with Crippen molar-refractivity contribution in [3.63, 3.8) is 0 Å². The molecule has 0 saturated heterocycles. The molecule has 3 atom stereocenters. The van der Waals surface area contributed by atoms with Crippen molar-refractivity contribution in [2.75, 3.05) is 0 Å². The second kappa shape index (κ2) is 6.47. The summed E-state index contributed by atoms with van der Waals surface area (Å²) >= 11 is 0. The van der Waals surface area contributed by atoms with Crippen molar-refractivity contribution in [3.05, 3.63) is 35.4 Å². The standard InChI is InChI=1S/C16H23F2N/c1-3-12-6-4-9-16(12)19-11(2)10-13-14(17)7-5-8-15(13)18/h5,7-8,11-12,16,19H,3-4,6,9-10H2,1-2H3. The van der Waals surface area contributed by atoms with Crippen LogP contribution in [0.4, 0.5) is 8.78 Å². The van der Waals surface area contributed by atoms with E-state index in [2.05, 4.69) is 12.2 Å². The van der Waals surface area contributed by atoms with Crippen molar-refractivity contribution < 1.29 is 8.78 Å². The molecular formula is C16H23F2N. The van der Waals surface area contributed by atoms with Crippen LogP contribution in [0, 0.1) is 17.6 Å². The van der Waals surface area contributed by atoms with E-state index in [0.29, 0.717) is 18.4 Å². The fraction of sp³-hybridized carbons (Fsp3) is 0.625. The van der Waals surface area contributed by atoms with E-state index in [-0.39, 0.29) is 11.6 Å². The van der Waals surface area contributed by atoms with Gasteiger partial charge >= 0.3 is 0 Å². The van der Waals surface area contributed by atoms with Gasteiger partial charge in [0.25, 0.3) is 0 Å². The Morgan fingerprint density at radius 3 is 2.58 bits per heavy atom. The SMILES string of the molecule is CCC1CCCC1NC(C)Cc1c(F)cccc1F. The van der Waals surface area contributed by atoms with Gasteiger partial charge in [-0.1, -0.05) is 25.8 Å². The topological polar surface area (TPSA) is 12.0 Å². The Hall–Kier alpha value is -0.960. The lowest BCUT2D eigenvalue weighted by atomic mass is 9.98. The molecule has 2 rings (SSSR count). The predicted molar refractivity (Wildman–Crippen MR) is 74.1 cm³/mol. The molecule has 3 heteroatoms. The average Bonchev–Trinajstić information content (AvgIpc) is 2.81. The molecule has 3 unspecified atom stereocenters. The first-order valence-corrected chi connectivity index (χ1v) is 7.30. The van der Waals surface area contributed by atoms with Crippen LogP contribution in [0.15, 0.2) is 18.2 Å². The van der Waals surface area contributed by atoms with Crippen molar-refractivity contribution >= 4 is 0 Å². The van der Waals surface area contributed by atoms with Crippen LogP contribution >= 0.6 is 0 Å². The fourth-order valence-electron chi connectivity index (χ4n) is 3.20. The van der Waals surface area contributed by atoms with Crippen LogP contribution in [0.2, 0.25) is 0 Å². The van der Waals surface area contributed by atoms with Crippen LogP contribution in [-0.2, 0) is 6.42 Å². The Bertz CT molecular complexity index is 399. The number of hydrogen-bond acceptors (Lipinski definition) is 1. The maximum Gasteiger partial charge on any atom is 0.129 e. The molecule has 1 aromatic carbocycles. The van der Waals surface area contributed by atoms with E-state index in [1.807, 2.05) is 6.92 Å². The lowest BCUT2D eigenvalue weighted by molar-refractivity contribution is 0.352. The first-order chi connectivity index (χ1) is 9.11. The molecule has 1 aromatic rings. The van der Waals surface area contributed by atoms with Crippen LogP contribution in [0.1, 0.15) is 45.1 Å². The van der Waals surface area contributed by atoms with Gasteiger partial charge in [-0.25, -0.2) is 8.78 Å². The minimum absolute atomic E-state index is 0.101. The Kier molecular flexibility index (Phi) is 4.92. The number of benzene rings is 1. The lowest BCUT2D eigenvalue weighted by Gasteiger charge is -2.24. The summed E-state index contributed by atoms with van der Waals surface area (Å²) in [7, 11) is 0. The van der Waals surface area contributed by atoms with Crippen molar-refractivity contribution in [1.82, 2.24) is 5.32 Å². The molecule has 0 bridgehead atoms. The molecule has 1 nitrogen and oxygen atoms in total. The summed E-state index contributed by atoms with van der Waals surface area (Å²) in [5, 5.41) is 3.55.